The van der Waals surface area contributed by atoms with Gasteiger partial charge in [0, 0.05) is 11.6 Å². The molecule has 140 valence electrons. The molecule has 3 aromatic rings. The summed E-state index contributed by atoms with van der Waals surface area (Å²) in [6.45, 7) is 6.33. The van der Waals surface area contributed by atoms with Crippen LogP contribution < -0.4 is 4.72 Å². The fourth-order valence-electron chi connectivity index (χ4n) is 2.84. The van der Waals surface area contributed by atoms with Crippen LogP contribution in [0.25, 0.3) is 10.9 Å². The number of hydrogen-bond donors (Lipinski definition) is 1. The van der Waals surface area contributed by atoms with Gasteiger partial charge in [0.1, 0.15) is 4.90 Å². The van der Waals surface area contributed by atoms with Gasteiger partial charge in [0.05, 0.1) is 11.9 Å². The van der Waals surface area contributed by atoms with Gasteiger partial charge in [-0.2, -0.15) is 0 Å². The fourth-order valence-corrected chi connectivity index (χ4v) is 4.01. The first-order valence-electron chi connectivity index (χ1n) is 8.66. The zero-order valence-electron chi connectivity index (χ0n) is 15.6. The van der Waals surface area contributed by atoms with Crippen LogP contribution in [-0.4, -0.2) is 19.3 Å². The lowest BCUT2D eigenvalue weighted by atomic mass is 9.86. The zero-order chi connectivity index (χ0) is 19.7. The first-order valence-corrected chi connectivity index (χ1v) is 10.1. The molecule has 0 saturated heterocycles. The van der Waals surface area contributed by atoms with E-state index < -0.39 is 15.9 Å². The minimum Gasteiger partial charge on any atom is -0.274 e. The molecule has 0 unspecified atom stereocenters. The molecule has 3 rings (SSSR count). The largest absolute Gasteiger partial charge is 0.274 e. The van der Waals surface area contributed by atoms with Gasteiger partial charge in [0.15, 0.2) is 0 Å². The van der Waals surface area contributed by atoms with Crippen LogP contribution in [0.1, 0.15) is 31.9 Å². The van der Waals surface area contributed by atoms with Crippen molar-refractivity contribution in [1.29, 1.82) is 0 Å². The summed E-state index contributed by atoms with van der Waals surface area (Å²) in [4.78, 5) is 16.4. The number of hydrogen-bond acceptors (Lipinski definition) is 4. The van der Waals surface area contributed by atoms with E-state index in [1.54, 1.807) is 24.3 Å². The maximum atomic E-state index is 12.7. The minimum atomic E-state index is -4.00. The van der Waals surface area contributed by atoms with Crippen molar-refractivity contribution in [2.75, 3.05) is 0 Å². The number of carbonyl (C=O) groups is 1. The Kier molecular flexibility index (Phi) is 5.02. The zero-order valence-corrected chi connectivity index (χ0v) is 16.4. The van der Waals surface area contributed by atoms with Crippen molar-refractivity contribution in [3.8, 4) is 0 Å². The average molecular weight is 382 g/mol. The lowest BCUT2D eigenvalue weighted by molar-refractivity contribution is -0.118. The van der Waals surface area contributed by atoms with Crippen molar-refractivity contribution < 1.29 is 13.2 Å². The molecule has 0 aliphatic rings. The van der Waals surface area contributed by atoms with Crippen molar-refractivity contribution in [2.24, 2.45) is 0 Å². The van der Waals surface area contributed by atoms with Gasteiger partial charge in [0.2, 0.25) is 5.91 Å². The first kappa shape index (κ1) is 19.0. The quantitative estimate of drug-likeness (QED) is 0.748. The van der Waals surface area contributed by atoms with Gasteiger partial charge in [0.25, 0.3) is 10.0 Å². The molecule has 1 amide bonds. The highest BCUT2D eigenvalue weighted by Crippen LogP contribution is 2.23. The molecule has 0 saturated carbocycles. The highest BCUT2D eigenvalue weighted by molar-refractivity contribution is 7.90. The van der Waals surface area contributed by atoms with Crippen molar-refractivity contribution in [1.82, 2.24) is 9.71 Å². The number of rotatable bonds is 4. The van der Waals surface area contributed by atoms with Gasteiger partial charge >= 0.3 is 0 Å². The Hall–Kier alpha value is -2.73. The van der Waals surface area contributed by atoms with Gasteiger partial charge in [-0.1, -0.05) is 63.2 Å². The summed E-state index contributed by atoms with van der Waals surface area (Å²) >= 11 is 0. The number of amides is 1. The molecule has 1 aromatic heterocycles. The van der Waals surface area contributed by atoms with Gasteiger partial charge < -0.3 is 0 Å². The van der Waals surface area contributed by atoms with Crippen LogP contribution in [0.2, 0.25) is 0 Å². The molecule has 0 bridgehead atoms. The van der Waals surface area contributed by atoms with Crippen LogP contribution in [0, 0.1) is 0 Å². The van der Waals surface area contributed by atoms with Crippen LogP contribution in [0.15, 0.2) is 65.7 Å². The predicted octanol–water partition coefficient (Wildman–Crippen LogP) is 3.58. The summed E-state index contributed by atoms with van der Waals surface area (Å²) in [5, 5.41) is 0.700. The lowest BCUT2D eigenvalue weighted by Gasteiger charge is -2.19. The molecule has 0 atom stereocenters. The molecular formula is C21H22N2O3S. The standard InChI is InChI=1S/C21H22N2O3S/c1-21(2,3)17-11-9-15(10-12-17)14-19(24)23-27(25,26)18-8-4-6-16-7-5-13-22-20(16)18/h4-13H,14H2,1-3H3,(H,23,24). The molecule has 0 spiro atoms. The number of aromatic nitrogens is 1. The summed E-state index contributed by atoms with van der Waals surface area (Å²) in [6, 6.07) is 16.0. The van der Waals surface area contributed by atoms with E-state index in [4.69, 9.17) is 0 Å². The van der Waals surface area contributed by atoms with E-state index in [-0.39, 0.29) is 16.7 Å². The molecule has 0 fully saturated rings. The number of para-hydroxylation sites is 1. The Bertz CT molecular complexity index is 1080. The van der Waals surface area contributed by atoms with Crippen LogP contribution >= 0.6 is 0 Å². The van der Waals surface area contributed by atoms with Crippen LogP contribution in [0.5, 0.6) is 0 Å². The maximum Gasteiger partial charge on any atom is 0.266 e. The predicted molar refractivity (Wildman–Crippen MR) is 106 cm³/mol. The van der Waals surface area contributed by atoms with E-state index >= 15 is 0 Å². The van der Waals surface area contributed by atoms with Gasteiger partial charge in [-0.15, -0.1) is 0 Å². The van der Waals surface area contributed by atoms with Crippen molar-refractivity contribution in [2.45, 2.75) is 37.5 Å². The van der Waals surface area contributed by atoms with E-state index in [2.05, 4.69) is 30.5 Å². The molecule has 1 heterocycles. The second-order valence-electron chi connectivity index (χ2n) is 7.48. The van der Waals surface area contributed by atoms with E-state index in [0.717, 1.165) is 11.1 Å². The molecule has 0 aliphatic heterocycles. The number of fused-ring (bicyclic) bond motifs is 1. The third-order valence-corrected chi connectivity index (χ3v) is 5.72. The third-order valence-electron chi connectivity index (χ3n) is 4.32. The molecule has 0 radical (unpaired) electrons. The van der Waals surface area contributed by atoms with Crippen LogP contribution in [-0.2, 0) is 26.7 Å². The van der Waals surface area contributed by atoms with E-state index in [1.165, 1.54) is 12.3 Å². The maximum absolute atomic E-state index is 12.7. The Morgan fingerprint density at radius 3 is 2.33 bits per heavy atom. The van der Waals surface area contributed by atoms with E-state index in [0.29, 0.717) is 10.9 Å². The minimum absolute atomic E-state index is 0.00275. The number of carbonyl (C=O) groups excluding carboxylic acids is 1. The highest BCUT2D eigenvalue weighted by atomic mass is 32.2. The Morgan fingerprint density at radius 1 is 1.00 bits per heavy atom. The van der Waals surface area contributed by atoms with Crippen molar-refractivity contribution in [3.63, 3.8) is 0 Å². The average Bonchev–Trinajstić information content (AvgIpc) is 2.60. The second-order valence-corrected chi connectivity index (χ2v) is 9.13. The summed E-state index contributed by atoms with van der Waals surface area (Å²) < 4.78 is 27.5. The van der Waals surface area contributed by atoms with Crippen molar-refractivity contribution in [3.05, 3.63) is 71.9 Å². The third kappa shape index (κ3) is 4.34. The smallest absolute Gasteiger partial charge is 0.266 e. The number of sulfonamides is 1. The Labute approximate surface area is 159 Å². The molecule has 0 aliphatic carbocycles. The van der Waals surface area contributed by atoms with Crippen molar-refractivity contribution >= 4 is 26.8 Å². The summed E-state index contributed by atoms with van der Waals surface area (Å²) in [7, 11) is -4.00. The number of nitrogens with zero attached hydrogens (tertiary/aromatic N) is 1. The normalized spacial score (nSPS) is 12.1. The van der Waals surface area contributed by atoms with E-state index in [9.17, 15) is 13.2 Å². The second kappa shape index (κ2) is 7.12. The van der Waals surface area contributed by atoms with E-state index in [1.807, 2.05) is 24.3 Å². The van der Waals surface area contributed by atoms with Gasteiger partial charge in [-0.05, 0) is 28.7 Å². The van der Waals surface area contributed by atoms with Gasteiger partial charge in [-0.25, -0.2) is 13.1 Å². The molecule has 1 N–H and O–H groups in total. The number of pyridine rings is 1. The summed E-state index contributed by atoms with van der Waals surface area (Å²) in [5.41, 5.74) is 2.27. The Morgan fingerprint density at radius 2 is 1.67 bits per heavy atom. The number of benzene rings is 2. The summed E-state index contributed by atoms with van der Waals surface area (Å²) in [6.07, 6.45) is 1.52. The summed E-state index contributed by atoms with van der Waals surface area (Å²) in [5.74, 6) is -0.577. The monoisotopic (exact) mass is 382 g/mol. The molecule has 6 heteroatoms. The topological polar surface area (TPSA) is 76.1 Å². The first-order chi connectivity index (χ1) is 12.7. The molecular weight excluding hydrogens is 360 g/mol. The molecule has 2 aromatic carbocycles. The Balaban J connectivity index is 1.78. The van der Waals surface area contributed by atoms with Crippen LogP contribution in [0.4, 0.5) is 0 Å². The SMILES string of the molecule is CC(C)(C)c1ccc(CC(=O)NS(=O)(=O)c2cccc3cccnc23)cc1. The fraction of sp³-hybridized carbons (Fsp3) is 0.238. The lowest BCUT2D eigenvalue weighted by Crippen LogP contribution is -2.32. The van der Waals surface area contributed by atoms with Crippen LogP contribution in [0.3, 0.4) is 0 Å². The van der Waals surface area contributed by atoms with Gasteiger partial charge in [-0.3, -0.25) is 9.78 Å². The molecule has 5 nitrogen and oxygen atoms in total. The highest BCUT2D eigenvalue weighted by Gasteiger charge is 2.21. The number of nitrogens with one attached hydrogen (secondary N) is 1. The molecule has 27 heavy (non-hydrogen) atoms.